The first-order valence-corrected chi connectivity index (χ1v) is 12.2. The molecule has 5 aliphatic carbocycles. The number of alkyl carbamates (subject to hydrolysis) is 1. The topological polar surface area (TPSA) is 133 Å². The number of aromatic nitrogens is 5. The minimum absolute atomic E-state index is 0.0882. The zero-order valence-electron chi connectivity index (χ0n) is 19.0. The van der Waals surface area contributed by atoms with Gasteiger partial charge in [-0.05, 0) is 56.8 Å². The monoisotopic (exact) mass is 476 g/mol. The molecule has 1 amide bonds. The van der Waals surface area contributed by atoms with Crippen LogP contribution < -0.4 is 10.6 Å². The fraction of sp³-hybridized carbons (Fsp3) is 0.542. The zero-order chi connectivity index (χ0) is 23.7. The van der Waals surface area contributed by atoms with Crippen molar-refractivity contribution in [2.45, 2.75) is 74.6 Å². The minimum atomic E-state index is -1.22. The van der Waals surface area contributed by atoms with Gasteiger partial charge >= 0.3 is 6.09 Å². The van der Waals surface area contributed by atoms with Gasteiger partial charge in [-0.3, -0.25) is 9.50 Å². The maximum absolute atomic E-state index is 14.7. The Morgan fingerprint density at radius 1 is 1.29 bits per heavy atom. The Morgan fingerprint density at radius 2 is 2.11 bits per heavy atom. The summed E-state index contributed by atoms with van der Waals surface area (Å²) < 4.78 is 21.9. The van der Waals surface area contributed by atoms with Crippen molar-refractivity contribution in [2.75, 3.05) is 5.32 Å². The highest BCUT2D eigenvalue weighted by atomic mass is 19.1. The van der Waals surface area contributed by atoms with Crippen LogP contribution in [-0.4, -0.2) is 48.5 Å². The number of carbonyl (C=O) groups is 1. The molecule has 5 fully saturated rings. The van der Waals surface area contributed by atoms with Crippen molar-refractivity contribution >= 4 is 23.5 Å². The van der Waals surface area contributed by atoms with Crippen LogP contribution in [0.1, 0.15) is 73.7 Å². The molecule has 180 valence electrons. The van der Waals surface area contributed by atoms with Crippen LogP contribution in [-0.2, 0) is 4.74 Å². The van der Waals surface area contributed by atoms with Crippen LogP contribution in [0.25, 0.3) is 5.65 Å². The summed E-state index contributed by atoms with van der Waals surface area (Å²) in [5, 5.41) is 22.7. The normalized spacial score (nSPS) is 30.9. The number of aromatic amines is 1. The second kappa shape index (κ2) is 7.41. The predicted octanol–water partition coefficient (Wildman–Crippen LogP) is 3.81. The quantitative estimate of drug-likeness (QED) is 0.493. The number of fused-ring (bicyclic) bond motifs is 1. The lowest BCUT2D eigenvalue weighted by atomic mass is 9.50. The Labute approximate surface area is 200 Å². The molecule has 8 rings (SSSR count). The number of amides is 1. The molecule has 35 heavy (non-hydrogen) atoms. The first-order chi connectivity index (χ1) is 17.0. The molecule has 3 atom stereocenters. The van der Waals surface area contributed by atoms with Crippen molar-refractivity contribution in [1.29, 1.82) is 5.26 Å². The molecule has 5 aliphatic rings. The highest BCUT2D eigenvalue weighted by Gasteiger charge is 2.58. The summed E-state index contributed by atoms with van der Waals surface area (Å²) >= 11 is 0. The first kappa shape index (κ1) is 20.7. The van der Waals surface area contributed by atoms with Crippen LogP contribution in [0.3, 0.4) is 0 Å². The fourth-order valence-corrected chi connectivity index (χ4v) is 5.89. The van der Waals surface area contributed by atoms with Crippen molar-refractivity contribution in [3.05, 3.63) is 35.4 Å². The molecule has 3 aromatic heterocycles. The number of imidazole rings is 1. The molecule has 3 N–H and O–H groups in total. The average molecular weight is 477 g/mol. The number of nitriles is 1. The second-order valence-electron chi connectivity index (χ2n) is 10.6. The summed E-state index contributed by atoms with van der Waals surface area (Å²) in [4.78, 5) is 21.2. The Bertz CT molecular complexity index is 1350. The van der Waals surface area contributed by atoms with Gasteiger partial charge in [0.25, 0.3) is 0 Å². The van der Waals surface area contributed by atoms with Crippen molar-refractivity contribution < 1.29 is 13.9 Å². The van der Waals surface area contributed by atoms with Crippen molar-refractivity contribution in [2.24, 2.45) is 5.92 Å². The maximum atomic E-state index is 14.7. The Hall–Kier alpha value is -3.68. The third-order valence-corrected chi connectivity index (χ3v) is 8.02. The lowest BCUT2D eigenvalue weighted by Crippen LogP contribution is -2.68. The van der Waals surface area contributed by atoms with Crippen LogP contribution >= 0.6 is 0 Å². The maximum Gasteiger partial charge on any atom is 0.407 e. The van der Waals surface area contributed by atoms with E-state index in [1.165, 1.54) is 0 Å². The summed E-state index contributed by atoms with van der Waals surface area (Å²) in [5.41, 5.74) is 2.79. The van der Waals surface area contributed by atoms with Crippen LogP contribution in [0.2, 0.25) is 0 Å². The van der Waals surface area contributed by atoms with Crippen LogP contribution in [0.5, 0.6) is 0 Å². The van der Waals surface area contributed by atoms with Gasteiger partial charge in [-0.2, -0.15) is 10.4 Å². The van der Waals surface area contributed by atoms with Crippen molar-refractivity contribution in [1.82, 2.24) is 29.9 Å². The number of hydrogen-bond acceptors (Lipinski definition) is 7. The number of hydrogen-bond donors (Lipinski definition) is 3. The number of ether oxygens (including phenoxy) is 1. The van der Waals surface area contributed by atoms with E-state index < -0.39 is 18.4 Å². The van der Waals surface area contributed by atoms with E-state index in [2.05, 4.69) is 36.9 Å². The summed E-state index contributed by atoms with van der Waals surface area (Å²) in [5.74, 6) is 2.08. The van der Waals surface area contributed by atoms with Gasteiger partial charge < -0.3 is 15.4 Å². The molecule has 0 unspecified atom stereocenters. The highest BCUT2D eigenvalue weighted by molar-refractivity contribution is 5.69. The molecular formula is C24H25FN8O2. The van der Waals surface area contributed by atoms with Gasteiger partial charge in [0.2, 0.25) is 5.95 Å². The highest BCUT2D eigenvalue weighted by Crippen LogP contribution is 2.57. The van der Waals surface area contributed by atoms with Crippen molar-refractivity contribution in [3.63, 3.8) is 0 Å². The van der Waals surface area contributed by atoms with E-state index >= 15 is 0 Å². The molecule has 10 nitrogen and oxygen atoms in total. The molecule has 2 bridgehead atoms. The van der Waals surface area contributed by atoms with Gasteiger partial charge in [0.1, 0.15) is 24.0 Å². The standard InChI is InChI=1S/C24H25FN8O2/c25-17-3-14(4-19(17)35-23(34)30-24-6-12(7-24)8-24)18-5-20(32-31-18)29-22-27-10-16(13-1-2-13)21-28-15(9-26)11-33(21)22/h5,10-14,17,19H,1-4,6-8H2,(H,30,34)(H2,27,29,31,32)/t12?,14-,17+,19-,24?/m0/s1. The third-order valence-electron chi connectivity index (χ3n) is 8.02. The molecule has 3 heterocycles. The first-order valence-electron chi connectivity index (χ1n) is 12.2. The largest absolute Gasteiger partial charge is 0.443 e. The predicted molar refractivity (Wildman–Crippen MR) is 122 cm³/mol. The minimum Gasteiger partial charge on any atom is -0.443 e. The lowest BCUT2D eigenvalue weighted by molar-refractivity contribution is -0.0530. The van der Waals surface area contributed by atoms with Gasteiger partial charge in [-0.25, -0.2) is 19.2 Å². The Kier molecular flexibility index (Phi) is 4.38. The van der Waals surface area contributed by atoms with Gasteiger partial charge in [0, 0.05) is 35.0 Å². The van der Waals surface area contributed by atoms with E-state index in [4.69, 9.17) is 4.74 Å². The van der Waals surface area contributed by atoms with Crippen LogP contribution in [0, 0.1) is 17.2 Å². The molecule has 5 saturated carbocycles. The van der Waals surface area contributed by atoms with E-state index in [1.54, 1.807) is 10.6 Å². The number of nitrogens with zero attached hydrogens (tertiary/aromatic N) is 5. The number of nitrogens with one attached hydrogen (secondary N) is 3. The van der Waals surface area contributed by atoms with E-state index in [0.29, 0.717) is 29.8 Å². The van der Waals surface area contributed by atoms with Gasteiger partial charge in [0.15, 0.2) is 11.5 Å². The fourth-order valence-electron chi connectivity index (χ4n) is 5.89. The van der Waals surface area contributed by atoms with Crippen LogP contribution in [0.4, 0.5) is 21.0 Å². The van der Waals surface area contributed by atoms with Gasteiger partial charge in [0.05, 0.1) is 6.20 Å². The Morgan fingerprint density at radius 3 is 2.83 bits per heavy atom. The smallest absolute Gasteiger partial charge is 0.407 e. The SMILES string of the molecule is N#Cc1cn2c(Nc3cc([C@H]4C[C@@H](F)[C@@H](OC(=O)NC56CC(C5)C6)C4)[nH]n3)ncc(C3CC3)c2n1. The van der Waals surface area contributed by atoms with Crippen LogP contribution in [0.15, 0.2) is 18.5 Å². The number of rotatable bonds is 6. The summed E-state index contributed by atoms with van der Waals surface area (Å²) in [6.07, 6.45) is 6.89. The number of halogens is 1. The van der Waals surface area contributed by atoms with E-state index in [0.717, 1.165) is 54.9 Å². The molecule has 11 heteroatoms. The summed E-state index contributed by atoms with van der Waals surface area (Å²) in [7, 11) is 0. The molecule has 0 aliphatic heterocycles. The number of carbonyl (C=O) groups excluding carboxylic acids is 1. The number of H-pyrrole nitrogens is 1. The molecule has 0 saturated heterocycles. The molecule has 3 aromatic rings. The van der Waals surface area contributed by atoms with E-state index in [1.807, 2.05) is 12.3 Å². The zero-order valence-corrected chi connectivity index (χ0v) is 19.0. The summed E-state index contributed by atoms with van der Waals surface area (Å²) in [6.45, 7) is 0. The molecular weight excluding hydrogens is 451 g/mol. The van der Waals surface area contributed by atoms with Gasteiger partial charge in [-0.1, -0.05) is 0 Å². The van der Waals surface area contributed by atoms with Crippen molar-refractivity contribution in [3.8, 4) is 6.07 Å². The van der Waals surface area contributed by atoms with E-state index in [9.17, 15) is 14.4 Å². The summed E-state index contributed by atoms with van der Waals surface area (Å²) in [6, 6.07) is 3.92. The third kappa shape index (κ3) is 3.50. The lowest BCUT2D eigenvalue weighted by Gasteiger charge is -2.61. The van der Waals surface area contributed by atoms with Gasteiger partial charge in [-0.15, -0.1) is 0 Å². The second-order valence-corrected chi connectivity index (χ2v) is 10.6. The van der Waals surface area contributed by atoms with E-state index in [-0.39, 0.29) is 17.9 Å². The Balaban J connectivity index is 1.04. The number of alkyl halides is 1. The average Bonchev–Trinajstić information content (AvgIpc) is 3.19. The molecule has 0 spiro atoms. The molecule has 0 radical (unpaired) electrons. The number of anilines is 2. The molecule has 0 aromatic carbocycles.